The second-order valence-corrected chi connectivity index (χ2v) is 15.4. The average molecular weight is 781 g/mol. The van der Waals surface area contributed by atoms with E-state index in [1.54, 1.807) is 75.7 Å². The molecule has 0 radical (unpaired) electrons. The molecule has 2 aromatic heterocycles. The molecule has 0 unspecified atom stereocenters. The first-order valence-electron chi connectivity index (χ1n) is 19.5. The topological polar surface area (TPSA) is 185 Å². The summed E-state index contributed by atoms with van der Waals surface area (Å²) in [5, 5.41) is 20.2. The highest BCUT2D eigenvalue weighted by molar-refractivity contribution is 6.04. The van der Waals surface area contributed by atoms with Crippen molar-refractivity contribution in [1.82, 2.24) is 41.0 Å². The van der Waals surface area contributed by atoms with Gasteiger partial charge in [-0.15, -0.1) is 0 Å². The van der Waals surface area contributed by atoms with Crippen LogP contribution in [0.4, 0.5) is 0 Å². The lowest BCUT2D eigenvalue weighted by Gasteiger charge is -2.29. The molecule has 1 fully saturated rings. The third kappa shape index (κ3) is 10.9. The number of nitrogens with zero attached hydrogens (tertiary/aromatic N) is 4. The number of ether oxygens (including phenoxy) is 2. The zero-order valence-corrected chi connectivity index (χ0v) is 33.1. The fourth-order valence-electron chi connectivity index (χ4n) is 7.04. The minimum Gasteiger partial charge on any atom is -0.497 e. The number of rotatable bonds is 9. The number of aryl methyl sites for hydroxylation is 1. The van der Waals surface area contributed by atoms with Gasteiger partial charge in [0.2, 0.25) is 23.6 Å². The summed E-state index contributed by atoms with van der Waals surface area (Å²) in [6, 6.07) is 14.1. The maximum atomic E-state index is 14.4. The number of hydrogen-bond acceptors (Lipinski definition) is 9. The fourth-order valence-corrected chi connectivity index (χ4v) is 7.04. The van der Waals surface area contributed by atoms with Crippen molar-refractivity contribution in [2.45, 2.75) is 84.0 Å². The highest BCUT2D eigenvalue weighted by Gasteiger charge is 2.34. The van der Waals surface area contributed by atoms with Crippen LogP contribution >= 0.6 is 0 Å². The lowest BCUT2D eigenvalue weighted by molar-refractivity contribution is -0.140. The van der Waals surface area contributed by atoms with Gasteiger partial charge in [0.1, 0.15) is 41.7 Å². The molecule has 7 rings (SSSR count). The summed E-state index contributed by atoms with van der Waals surface area (Å²) in [5.74, 6) is -0.737. The van der Waals surface area contributed by atoms with E-state index in [0.29, 0.717) is 41.2 Å². The van der Waals surface area contributed by atoms with E-state index in [4.69, 9.17) is 9.47 Å². The SMILES string of the molecule is COc1ccc(C[C@@H]2NC(=O)[C@@H](NC(=O)c3c(C)nn4ncccc34)Cc3ccc(cc3)OC[C@H](CC(C)C)NC(=O)CN(CC3CC3)C(=O)[C@@H](C)NC2=O)cc1. The van der Waals surface area contributed by atoms with Crippen LogP contribution in [-0.4, -0.2) is 100 Å². The molecule has 4 atom stereocenters. The van der Waals surface area contributed by atoms with E-state index in [-0.39, 0.29) is 55.3 Å². The van der Waals surface area contributed by atoms with Gasteiger partial charge in [0.15, 0.2) is 0 Å². The third-order valence-corrected chi connectivity index (χ3v) is 10.2. The molecule has 1 saturated carbocycles. The molecule has 2 aromatic carbocycles. The van der Waals surface area contributed by atoms with Gasteiger partial charge in [-0.1, -0.05) is 38.1 Å². The van der Waals surface area contributed by atoms with Gasteiger partial charge in [0, 0.05) is 25.6 Å². The van der Waals surface area contributed by atoms with Crippen LogP contribution in [0.25, 0.3) is 5.52 Å². The Bertz CT molecular complexity index is 2060. The zero-order chi connectivity index (χ0) is 40.6. The van der Waals surface area contributed by atoms with Crippen molar-refractivity contribution in [2.75, 3.05) is 26.8 Å². The molecule has 0 spiro atoms. The van der Waals surface area contributed by atoms with Crippen LogP contribution in [-0.2, 0) is 32.0 Å². The van der Waals surface area contributed by atoms with E-state index < -0.39 is 41.8 Å². The zero-order valence-electron chi connectivity index (χ0n) is 33.1. The van der Waals surface area contributed by atoms with Gasteiger partial charge in [-0.2, -0.15) is 14.8 Å². The van der Waals surface area contributed by atoms with Crippen LogP contribution < -0.4 is 30.7 Å². The minimum atomic E-state index is -1.15. The Balaban J connectivity index is 1.34. The predicted molar refractivity (Wildman–Crippen MR) is 212 cm³/mol. The quantitative estimate of drug-likeness (QED) is 0.186. The van der Waals surface area contributed by atoms with Crippen LogP contribution in [0, 0.1) is 18.8 Å². The summed E-state index contributed by atoms with van der Waals surface area (Å²) in [6.45, 7) is 7.81. The average Bonchev–Trinajstić information content (AvgIpc) is 3.94. The van der Waals surface area contributed by atoms with E-state index in [2.05, 4.69) is 45.3 Å². The summed E-state index contributed by atoms with van der Waals surface area (Å²) in [5.41, 5.74) is 2.61. The van der Waals surface area contributed by atoms with E-state index >= 15 is 0 Å². The Hall–Kier alpha value is -5.99. The van der Waals surface area contributed by atoms with Crippen LogP contribution in [0.3, 0.4) is 0 Å². The number of carbonyl (C=O) groups excluding carboxylic acids is 5. The summed E-state index contributed by atoms with van der Waals surface area (Å²) >= 11 is 0. The van der Waals surface area contributed by atoms with Gasteiger partial charge in [-0.3, -0.25) is 24.0 Å². The molecule has 4 aromatic rings. The van der Waals surface area contributed by atoms with Gasteiger partial charge in [0.05, 0.1) is 31.0 Å². The van der Waals surface area contributed by atoms with E-state index in [0.717, 1.165) is 18.4 Å². The predicted octanol–water partition coefficient (Wildman–Crippen LogP) is 2.78. The summed E-state index contributed by atoms with van der Waals surface area (Å²) in [7, 11) is 1.55. The van der Waals surface area contributed by atoms with Crippen LogP contribution in [0.1, 0.15) is 67.2 Å². The molecule has 4 N–H and O–H groups in total. The van der Waals surface area contributed by atoms with Crippen molar-refractivity contribution in [3.63, 3.8) is 0 Å². The molecule has 57 heavy (non-hydrogen) atoms. The molecule has 4 heterocycles. The largest absolute Gasteiger partial charge is 0.497 e. The van der Waals surface area contributed by atoms with Gasteiger partial charge < -0.3 is 35.6 Å². The van der Waals surface area contributed by atoms with Crippen LogP contribution in [0.5, 0.6) is 11.5 Å². The van der Waals surface area contributed by atoms with Crippen LogP contribution in [0.2, 0.25) is 0 Å². The highest BCUT2D eigenvalue weighted by Crippen LogP contribution is 2.30. The first-order valence-corrected chi connectivity index (χ1v) is 19.5. The third-order valence-electron chi connectivity index (χ3n) is 10.2. The first-order chi connectivity index (χ1) is 27.4. The summed E-state index contributed by atoms with van der Waals surface area (Å²) in [4.78, 5) is 71.4. The molecule has 15 nitrogen and oxygen atoms in total. The van der Waals surface area contributed by atoms with E-state index in [1.165, 1.54) is 9.53 Å². The fraction of sp³-hybridized carbons (Fsp3) is 0.452. The second kappa shape index (κ2) is 18.3. The number of hydrogen-bond donors (Lipinski definition) is 4. The van der Waals surface area contributed by atoms with Crippen molar-refractivity contribution in [1.29, 1.82) is 0 Å². The molecule has 0 saturated heterocycles. The molecule has 5 amide bonds. The number of fused-ring (bicyclic) bond motifs is 18. The standard InChI is InChI=1S/C42H52N8O7/c1-25(2)19-31-24-57-33-16-12-29(13-17-33)21-35(47-41(54)38-26(3)48-50-36(38)7-6-18-43-50)40(53)46-34(20-28-10-14-32(56-5)15-11-28)39(52)44-27(4)42(55)49(22-30-8-9-30)23-37(51)45-31/h6-7,10-18,25,27,30-31,34-35H,8-9,19-24H2,1-5H3,(H,44,52)(H,45,51)(H,46,53)(H,47,54)/t27-,31+,34+,35+/m1/s1. The molecule has 1 aliphatic carbocycles. The lowest BCUT2D eigenvalue weighted by atomic mass is 10.0. The van der Waals surface area contributed by atoms with Gasteiger partial charge >= 0.3 is 0 Å². The molecule has 2 bridgehead atoms. The summed E-state index contributed by atoms with van der Waals surface area (Å²) in [6.07, 6.45) is 4.26. The van der Waals surface area contributed by atoms with Crippen LogP contribution in [0.15, 0.2) is 66.9 Å². The van der Waals surface area contributed by atoms with Crippen molar-refractivity contribution in [3.8, 4) is 11.5 Å². The number of amides is 5. The Morgan fingerprint density at radius 1 is 0.982 bits per heavy atom. The second-order valence-electron chi connectivity index (χ2n) is 15.4. The molecular formula is C42H52N8O7. The van der Waals surface area contributed by atoms with Crippen molar-refractivity contribution < 1.29 is 33.4 Å². The normalized spacial score (nSPS) is 21.4. The maximum Gasteiger partial charge on any atom is 0.256 e. The Morgan fingerprint density at radius 3 is 2.40 bits per heavy atom. The number of aromatic nitrogens is 3. The monoisotopic (exact) mass is 780 g/mol. The molecular weight excluding hydrogens is 729 g/mol. The Morgan fingerprint density at radius 2 is 1.72 bits per heavy atom. The Labute approximate surface area is 332 Å². The van der Waals surface area contributed by atoms with Crippen molar-refractivity contribution >= 4 is 35.1 Å². The van der Waals surface area contributed by atoms with E-state index in [9.17, 15) is 24.0 Å². The first kappa shape index (κ1) is 40.7. The molecule has 2 aliphatic heterocycles. The number of carbonyl (C=O) groups is 5. The number of benzene rings is 2. The lowest BCUT2D eigenvalue weighted by Crippen LogP contribution is -2.58. The summed E-state index contributed by atoms with van der Waals surface area (Å²) < 4.78 is 12.8. The molecule has 3 aliphatic rings. The molecule has 15 heteroatoms. The van der Waals surface area contributed by atoms with Gasteiger partial charge in [-0.05, 0) is 92.5 Å². The smallest absolute Gasteiger partial charge is 0.256 e. The van der Waals surface area contributed by atoms with Gasteiger partial charge in [-0.25, -0.2) is 0 Å². The van der Waals surface area contributed by atoms with Gasteiger partial charge in [0.25, 0.3) is 5.91 Å². The Kier molecular flexibility index (Phi) is 13.1. The molecule has 302 valence electrons. The number of methoxy groups -OCH3 is 1. The van der Waals surface area contributed by atoms with Crippen molar-refractivity contribution in [2.24, 2.45) is 11.8 Å². The minimum absolute atomic E-state index is 0.0689. The van der Waals surface area contributed by atoms with Crippen molar-refractivity contribution in [3.05, 3.63) is 89.2 Å². The van der Waals surface area contributed by atoms with E-state index in [1.807, 2.05) is 12.1 Å². The number of nitrogens with one attached hydrogen (secondary N) is 4. The maximum absolute atomic E-state index is 14.4. The highest BCUT2D eigenvalue weighted by atomic mass is 16.5.